The van der Waals surface area contributed by atoms with Crippen molar-refractivity contribution in [2.24, 2.45) is 5.41 Å². The minimum Gasteiger partial charge on any atom is -0.481 e. The summed E-state index contributed by atoms with van der Waals surface area (Å²) in [4.78, 5) is 12.0. The van der Waals surface area contributed by atoms with E-state index in [4.69, 9.17) is 9.84 Å². The van der Waals surface area contributed by atoms with Gasteiger partial charge >= 0.3 is 0 Å². The van der Waals surface area contributed by atoms with Crippen molar-refractivity contribution in [3.8, 4) is 5.75 Å². The Labute approximate surface area is 128 Å². The van der Waals surface area contributed by atoms with E-state index in [1.54, 1.807) is 6.92 Å². The van der Waals surface area contributed by atoms with Gasteiger partial charge in [-0.2, -0.15) is 0 Å². The standard InChI is InChI=1S/C15H22BrNO3/c1-11(20-13-6-4-12(16)5-7-13)14(19)17-10-15(2,3)8-9-18/h4-7,11,18H,8-10H2,1-3H3,(H,17,19). The molecule has 0 spiro atoms. The Morgan fingerprint density at radius 2 is 2.00 bits per heavy atom. The van der Waals surface area contributed by atoms with Crippen LogP contribution in [0.1, 0.15) is 27.2 Å². The molecule has 4 nitrogen and oxygen atoms in total. The van der Waals surface area contributed by atoms with Gasteiger partial charge in [-0.1, -0.05) is 29.8 Å². The predicted octanol–water partition coefficient (Wildman–Crippen LogP) is 2.74. The predicted molar refractivity (Wildman–Crippen MR) is 82.7 cm³/mol. The SMILES string of the molecule is CC(Oc1ccc(Br)cc1)C(=O)NCC(C)(C)CCO. The van der Waals surface area contributed by atoms with Gasteiger partial charge in [-0.25, -0.2) is 0 Å². The fourth-order valence-electron chi connectivity index (χ4n) is 1.63. The minimum absolute atomic E-state index is 0.119. The Balaban J connectivity index is 2.45. The van der Waals surface area contributed by atoms with E-state index >= 15 is 0 Å². The highest BCUT2D eigenvalue weighted by atomic mass is 79.9. The second-order valence-electron chi connectivity index (χ2n) is 5.57. The number of nitrogens with one attached hydrogen (secondary N) is 1. The summed E-state index contributed by atoms with van der Waals surface area (Å²) in [5, 5.41) is 11.8. The van der Waals surface area contributed by atoms with E-state index in [-0.39, 0.29) is 17.9 Å². The maximum atomic E-state index is 12.0. The smallest absolute Gasteiger partial charge is 0.260 e. The van der Waals surface area contributed by atoms with Crippen LogP contribution in [0.5, 0.6) is 5.75 Å². The average Bonchev–Trinajstić information content (AvgIpc) is 2.38. The highest BCUT2D eigenvalue weighted by Crippen LogP contribution is 2.19. The Bertz CT molecular complexity index is 431. The summed E-state index contributed by atoms with van der Waals surface area (Å²) < 4.78 is 6.54. The number of benzene rings is 1. The third-order valence-corrected chi connectivity index (χ3v) is 3.55. The molecule has 1 amide bonds. The molecule has 5 heteroatoms. The van der Waals surface area contributed by atoms with Crippen LogP contribution in [0.25, 0.3) is 0 Å². The molecule has 1 atom stereocenters. The summed E-state index contributed by atoms with van der Waals surface area (Å²) in [7, 11) is 0. The van der Waals surface area contributed by atoms with Crippen LogP contribution in [0.15, 0.2) is 28.7 Å². The number of aliphatic hydroxyl groups excluding tert-OH is 1. The minimum atomic E-state index is -0.555. The first-order valence-corrected chi connectivity index (χ1v) is 7.44. The van der Waals surface area contributed by atoms with Crippen molar-refractivity contribution in [3.63, 3.8) is 0 Å². The van der Waals surface area contributed by atoms with Gasteiger partial charge in [0.15, 0.2) is 6.10 Å². The van der Waals surface area contributed by atoms with Crippen molar-refractivity contribution in [2.75, 3.05) is 13.2 Å². The fraction of sp³-hybridized carbons (Fsp3) is 0.533. The van der Waals surface area contributed by atoms with E-state index in [1.165, 1.54) is 0 Å². The van der Waals surface area contributed by atoms with Crippen LogP contribution in [-0.2, 0) is 4.79 Å². The Morgan fingerprint density at radius 1 is 1.40 bits per heavy atom. The summed E-state index contributed by atoms with van der Waals surface area (Å²) in [5.74, 6) is 0.504. The lowest BCUT2D eigenvalue weighted by molar-refractivity contribution is -0.127. The lowest BCUT2D eigenvalue weighted by Crippen LogP contribution is -2.41. The Kier molecular flexibility index (Phi) is 6.49. The number of ether oxygens (including phenoxy) is 1. The Morgan fingerprint density at radius 3 is 2.55 bits per heavy atom. The zero-order valence-corrected chi connectivity index (χ0v) is 13.7. The second kappa shape index (κ2) is 7.64. The topological polar surface area (TPSA) is 58.6 Å². The van der Waals surface area contributed by atoms with Crippen LogP contribution in [0.3, 0.4) is 0 Å². The van der Waals surface area contributed by atoms with E-state index in [9.17, 15) is 4.79 Å². The van der Waals surface area contributed by atoms with Gasteiger partial charge < -0.3 is 15.2 Å². The van der Waals surface area contributed by atoms with Gasteiger partial charge in [-0.05, 0) is 43.0 Å². The molecule has 0 radical (unpaired) electrons. The van der Waals surface area contributed by atoms with Crippen LogP contribution in [0.2, 0.25) is 0 Å². The molecule has 0 bridgehead atoms. The number of hydrogen-bond donors (Lipinski definition) is 2. The number of aliphatic hydroxyl groups is 1. The molecule has 0 fully saturated rings. The summed E-state index contributed by atoms with van der Waals surface area (Å²) in [6.45, 7) is 6.36. The molecular formula is C15H22BrNO3. The van der Waals surface area contributed by atoms with Crippen LogP contribution in [0.4, 0.5) is 0 Å². The number of amides is 1. The van der Waals surface area contributed by atoms with Crippen molar-refractivity contribution in [3.05, 3.63) is 28.7 Å². The first-order valence-electron chi connectivity index (χ1n) is 6.65. The molecule has 0 heterocycles. The molecule has 0 saturated carbocycles. The molecule has 0 aliphatic carbocycles. The van der Waals surface area contributed by atoms with Gasteiger partial charge in [0.25, 0.3) is 5.91 Å². The van der Waals surface area contributed by atoms with Gasteiger partial charge in [-0.15, -0.1) is 0 Å². The van der Waals surface area contributed by atoms with Gasteiger partial charge in [0.05, 0.1) is 0 Å². The molecule has 0 aromatic heterocycles. The largest absolute Gasteiger partial charge is 0.481 e. The maximum Gasteiger partial charge on any atom is 0.260 e. The quantitative estimate of drug-likeness (QED) is 0.800. The highest BCUT2D eigenvalue weighted by Gasteiger charge is 2.21. The first kappa shape index (κ1) is 17.0. The third-order valence-electron chi connectivity index (χ3n) is 3.03. The van der Waals surface area contributed by atoms with Crippen LogP contribution < -0.4 is 10.1 Å². The lowest BCUT2D eigenvalue weighted by atomic mass is 9.90. The van der Waals surface area contributed by atoms with Gasteiger partial charge in [0, 0.05) is 17.6 Å². The van der Waals surface area contributed by atoms with E-state index in [0.29, 0.717) is 18.7 Å². The summed E-state index contributed by atoms with van der Waals surface area (Å²) in [5.41, 5.74) is -0.123. The van der Waals surface area contributed by atoms with E-state index < -0.39 is 6.10 Å². The summed E-state index contributed by atoms with van der Waals surface area (Å²) >= 11 is 3.35. The van der Waals surface area contributed by atoms with Crippen molar-refractivity contribution < 1.29 is 14.6 Å². The zero-order valence-electron chi connectivity index (χ0n) is 12.1. The zero-order chi connectivity index (χ0) is 15.2. The normalized spacial score (nSPS) is 12.8. The third kappa shape index (κ3) is 5.92. The maximum absolute atomic E-state index is 12.0. The molecule has 0 saturated heterocycles. The van der Waals surface area contributed by atoms with Crippen molar-refractivity contribution in [1.82, 2.24) is 5.32 Å². The molecular weight excluding hydrogens is 322 g/mol. The molecule has 2 N–H and O–H groups in total. The number of halogens is 1. The van der Waals surface area contributed by atoms with Crippen LogP contribution >= 0.6 is 15.9 Å². The molecule has 1 aromatic carbocycles. The molecule has 112 valence electrons. The molecule has 0 aliphatic heterocycles. The molecule has 20 heavy (non-hydrogen) atoms. The fourth-order valence-corrected chi connectivity index (χ4v) is 1.90. The van der Waals surface area contributed by atoms with Gasteiger partial charge in [0.1, 0.15) is 5.75 Å². The molecule has 0 aliphatic rings. The van der Waals surface area contributed by atoms with E-state index in [0.717, 1.165) is 4.47 Å². The van der Waals surface area contributed by atoms with Crippen LogP contribution in [0, 0.1) is 5.41 Å². The number of carbonyl (C=O) groups is 1. The van der Waals surface area contributed by atoms with Crippen LogP contribution in [-0.4, -0.2) is 30.3 Å². The number of hydrogen-bond acceptors (Lipinski definition) is 3. The van der Waals surface area contributed by atoms with Crippen molar-refractivity contribution >= 4 is 21.8 Å². The van der Waals surface area contributed by atoms with Gasteiger partial charge in [0.2, 0.25) is 0 Å². The Hall–Kier alpha value is -1.07. The summed E-state index contributed by atoms with van der Waals surface area (Å²) in [6.07, 6.45) is 0.0935. The first-order chi connectivity index (χ1) is 9.34. The average molecular weight is 344 g/mol. The monoisotopic (exact) mass is 343 g/mol. The molecule has 1 aromatic rings. The second-order valence-corrected chi connectivity index (χ2v) is 6.49. The molecule has 1 rings (SSSR count). The van der Waals surface area contributed by atoms with E-state index in [2.05, 4.69) is 21.2 Å². The highest BCUT2D eigenvalue weighted by molar-refractivity contribution is 9.10. The number of carbonyl (C=O) groups excluding carboxylic acids is 1. The lowest BCUT2D eigenvalue weighted by Gasteiger charge is -2.25. The van der Waals surface area contributed by atoms with Gasteiger partial charge in [-0.3, -0.25) is 4.79 Å². The van der Waals surface area contributed by atoms with Crippen molar-refractivity contribution in [2.45, 2.75) is 33.3 Å². The summed E-state index contributed by atoms with van der Waals surface area (Å²) in [6, 6.07) is 7.35. The number of rotatable bonds is 7. The van der Waals surface area contributed by atoms with Crippen molar-refractivity contribution in [1.29, 1.82) is 0 Å². The molecule has 1 unspecified atom stereocenters. The van der Waals surface area contributed by atoms with E-state index in [1.807, 2.05) is 38.1 Å².